The van der Waals surface area contributed by atoms with Crippen LogP contribution in [0.15, 0.2) is 36.9 Å². The first-order valence-corrected chi connectivity index (χ1v) is 7.57. The maximum atomic E-state index is 12.5. The topological polar surface area (TPSA) is 88.1 Å². The number of ether oxygens (including phenoxy) is 4. The summed E-state index contributed by atoms with van der Waals surface area (Å²) < 4.78 is 20.2. The zero-order chi connectivity index (χ0) is 18.6. The normalized spacial score (nSPS) is 21.2. The first-order valence-electron chi connectivity index (χ1n) is 7.57. The van der Waals surface area contributed by atoms with Crippen molar-refractivity contribution >= 4 is 17.9 Å². The number of methoxy groups -OCH3 is 3. The molecular formula is C18H20O7. The molecule has 0 bridgehead atoms. The van der Waals surface area contributed by atoms with Gasteiger partial charge < -0.3 is 18.9 Å². The zero-order valence-electron chi connectivity index (χ0n) is 14.3. The van der Waals surface area contributed by atoms with Crippen LogP contribution >= 0.6 is 0 Å². The molecule has 7 nitrogen and oxygen atoms in total. The van der Waals surface area contributed by atoms with Crippen LogP contribution in [-0.2, 0) is 28.5 Å². The molecule has 0 N–H and O–H groups in total. The molecule has 1 saturated heterocycles. The molecule has 0 spiro atoms. The van der Waals surface area contributed by atoms with Crippen molar-refractivity contribution < 1.29 is 33.3 Å². The summed E-state index contributed by atoms with van der Waals surface area (Å²) in [6.45, 7) is 3.66. The van der Waals surface area contributed by atoms with Crippen molar-refractivity contribution in [3.63, 3.8) is 0 Å². The van der Waals surface area contributed by atoms with E-state index in [-0.39, 0.29) is 6.42 Å². The van der Waals surface area contributed by atoms with Crippen LogP contribution in [0.2, 0.25) is 0 Å². The number of carbonyl (C=O) groups excluding carboxylic acids is 3. The van der Waals surface area contributed by atoms with Crippen molar-refractivity contribution in [1.82, 2.24) is 0 Å². The van der Waals surface area contributed by atoms with Crippen molar-refractivity contribution in [2.45, 2.75) is 18.6 Å². The lowest BCUT2D eigenvalue weighted by Gasteiger charge is -2.28. The van der Waals surface area contributed by atoms with Gasteiger partial charge in [-0.05, 0) is 17.7 Å². The van der Waals surface area contributed by atoms with E-state index in [1.807, 2.05) is 0 Å². The van der Waals surface area contributed by atoms with Gasteiger partial charge in [-0.2, -0.15) is 0 Å². The molecule has 0 aliphatic carbocycles. The van der Waals surface area contributed by atoms with Gasteiger partial charge in [-0.3, -0.25) is 9.59 Å². The zero-order valence-corrected chi connectivity index (χ0v) is 14.3. The molecule has 0 saturated carbocycles. The highest BCUT2D eigenvalue weighted by Crippen LogP contribution is 2.50. The third-order valence-electron chi connectivity index (χ3n) is 4.28. The third kappa shape index (κ3) is 3.15. The summed E-state index contributed by atoms with van der Waals surface area (Å²) in [6.07, 6.45) is 0.119. The fraction of sp³-hybridized carbons (Fsp3) is 0.389. The first kappa shape index (κ1) is 18.7. The lowest BCUT2D eigenvalue weighted by atomic mass is 9.76. The average molecular weight is 348 g/mol. The van der Waals surface area contributed by atoms with Gasteiger partial charge in [-0.1, -0.05) is 18.2 Å². The van der Waals surface area contributed by atoms with E-state index in [9.17, 15) is 14.4 Å². The largest absolute Gasteiger partial charge is 0.468 e. The van der Waals surface area contributed by atoms with Gasteiger partial charge in [0.05, 0.1) is 33.0 Å². The molecule has 1 aromatic carbocycles. The number of esters is 3. The highest BCUT2D eigenvalue weighted by atomic mass is 16.6. The predicted octanol–water partition coefficient (Wildman–Crippen LogP) is 1.82. The van der Waals surface area contributed by atoms with E-state index in [4.69, 9.17) is 14.2 Å². The molecule has 0 amide bonds. The second-order valence-electron chi connectivity index (χ2n) is 5.56. The molecule has 2 rings (SSSR count). The molecule has 7 heteroatoms. The molecule has 1 aromatic rings. The highest BCUT2D eigenvalue weighted by Gasteiger charge is 2.61. The molecule has 2 atom stereocenters. The van der Waals surface area contributed by atoms with Gasteiger partial charge in [0.1, 0.15) is 6.10 Å². The first-order chi connectivity index (χ1) is 11.9. The van der Waals surface area contributed by atoms with Gasteiger partial charge in [-0.15, -0.1) is 6.58 Å². The van der Waals surface area contributed by atoms with Crippen molar-refractivity contribution in [1.29, 1.82) is 0 Å². The number of hydrogen-bond acceptors (Lipinski definition) is 7. The number of carbonyl (C=O) groups is 3. The number of rotatable bonds is 5. The Bertz CT molecular complexity index is 661. The maximum absolute atomic E-state index is 12.5. The highest BCUT2D eigenvalue weighted by molar-refractivity contribution is 6.01. The van der Waals surface area contributed by atoms with Crippen molar-refractivity contribution in [3.8, 4) is 0 Å². The van der Waals surface area contributed by atoms with E-state index < -0.39 is 35.5 Å². The molecular weight excluding hydrogens is 328 g/mol. The van der Waals surface area contributed by atoms with Crippen LogP contribution in [0.4, 0.5) is 0 Å². The van der Waals surface area contributed by atoms with E-state index in [0.717, 1.165) is 0 Å². The molecule has 1 aliphatic heterocycles. The van der Waals surface area contributed by atoms with Crippen LogP contribution < -0.4 is 0 Å². The van der Waals surface area contributed by atoms with Crippen LogP contribution in [0.1, 0.15) is 28.4 Å². The molecule has 1 heterocycles. The van der Waals surface area contributed by atoms with Crippen molar-refractivity contribution in [2.75, 3.05) is 21.3 Å². The Hall–Kier alpha value is -2.67. The Balaban J connectivity index is 2.50. The Morgan fingerprint density at radius 2 is 1.64 bits per heavy atom. The SMILES string of the molecule is C=C[C@H]1CC(C(=O)OC)(C(=O)OC)[C@@H](c2ccc(C(=O)OC)cc2)O1. The molecule has 0 radical (unpaired) electrons. The maximum Gasteiger partial charge on any atom is 0.337 e. The Morgan fingerprint density at radius 3 is 2.08 bits per heavy atom. The van der Waals surface area contributed by atoms with Gasteiger partial charge in [-0.25, -0.2) is 4.79 Å². The van der Waals surface area contributed by atoms with E-state index >= 15 is 0 Å². The van der Waals surface area contributed by atoms with Gasteiger partial charge in [0, 0.05) is 6.42 Å². The van der Waals surface area contributed by atoms with E-state index in [2.05, 4.69) is 11.3 Å². The minimum atomic E-state index is -1.64. The molecule has 25 heavy (non-hydrogen) atoms. The summed E-state index contributed by atoms with van der Waals surface area (Å²) >= 11 is 0. The predicted molar refractivity (Wildman–Crippen MR) is 86.7 cm³/mol. The third-order valence-corrected chi connectivity index (χ3v) is 4.28. The number of benzene rings is 1. The second-order valence-corrected chi connectivity index (χ2v) is 5.56. The molecule has 1 aliphatic rings. The fourth-order valence-corrected chi connectivity index (χ4v) is 3.01. The van der Waals surface area contributed by atoms with Gasteiger partial charge in [0.2, 0.25) is 0 Å². The van der Waals surface area contributed by atoms with Crippen LogP contribution in [0, 0.1) is 5.41 Å². The summed E-state index contributed by atoms with van der Waals surface area (Å²) in [6, 6.07) is 6.27. The summed E-state index contributed by atoms with van der Waals surface area (Å²) in [5, 5.41) is 0. The fourth-order valence-electron chi connectivity index (χ4n) is 3.01. The van der Waals surface area contributed by atoms with E-state index in [1.165, 1.54) is 39.5 Å². The lowest BCUT2D eigenvalue weighted by Crippen LogP contribution is -2.43. The second kappa shape index (κ2) is 7.48. The summed E-state index contributed by atoms with van der Waals surface area (Å²) in [5.41, 5.74) is -0.770. The van der Waals surface area contributed by atoms with E-state index in [0.29, 0.717) is 11.1 Å². The minimum Gasteiger partial charge on any atom is -0.468 e. The van der Waals surface area contributed by atoms with Gasteiger partial charge in [0.25, 0.3) is 0 Å². The summed E-state index contributed by atoms with van der Waals surface area (Å²) in [7, 11) is 3.68. The summed E-state index contributed by atoms with van der Waals surface area (Å²) in [4.78, 5) is 36.5. The Morgan fingerprint density at radius 1 is 1.08 bits per heavy atom. The van der Waals surface area contributed by atoms with Crippen molar-refractivity contribution in [3.05, 3.63) is 48.0 Å². The smallest absolute Gasteiger partial charge is 0.337 e. The minimum absolute atomic E-state index is 0.0548. The standard InChI is InChI=1S/C18H20O7/c1-5-13-10-18(16(20)23-3,17(21)24-4)14(25-13)11-6-8-12(9-7-11)15(19)22-2/h5-9,13-14H,1,10H2,2-4H3/t13-,14+/m0/s1. The summed E-state index contributed by atoms with van der Waals surface area (Å²) in [5.74, 6) is -1.98. The molecule has 134 valence electrons. The molecule has 0 unspecified atom stereocenters. The monoisotopic (exact) mass is 348 g/mol. The van der Waals surface area contributed by atoms with Gasteiger partial charge in [0.15, 0.2) is 5.41 Å². The lowest BCUT2D eigenvalue weighted by molar-refractivity contribution is -0.173. The van der Waals surface area contributed by atoms with E-state index in [1.54, 1.807) is 12.1 Å². The molecule has 1 fully saturated rings. The van der Waals surface area contributed by atoms with Crippen LogP contribution in [0.5, 0.6) is 0 Å². The number of hydrogen-bond donors (Lipinski definition) is 0. The van der Waals surface area contributed by atoms with Crippen LogP contribution in [0.3, 0.4) is 0 Å². The Labute approximate surface area is 145 Å². The molecule has 0 aromatic heterocycles. The Kier molecular flexibility index (Phi) is 5.58. The van der Waals surface area contributed by atoms with Crippen LogP contribution in [0.25, 0.3) is 0 Å². The van der Waals surface area contributed by atoms with Crippen LogP contribution in [-0.4, -0.2) is 45.3 Å². The quantitative estimate of drug-likeness (QED) is 0.347. The van der Waals surface area contributed by atoms with Gasteiger partial charge >= 0.3 is 17.9 Å². The van der Waals surface area contributed by atoms with Crippen molar-refractivity contribution in [2.24, 2.45) is 5.41 Å². The average Bonchev–Trinajstić information content (AvgIpc) is 3.07.